The zero-order chi connectivity index (χ0) is 15.4. The minimum absolute atomic E-state index is 0.163. The molecule has 0 aliphatic carbocycles. The maximum absolute atomic E-state index is 9.21. The summed E-state index contributed by atoms with van der Waals surface area (Å²) in [6.07, 6.45) is 2.02. The number of piperidine rings is 1. The summed E-state index contributed by atoms with van der Waals surface area (Å²) in [5, 5.41) is 12.1. The van der Waals surface area contributed by atoms with Gasteiger partial charge in [0.05, 0.1) is 5.01 Å². The topological polar surface area (TPSA) is 130 Å². The first-order chi connectivity index (χ1) is 10.1. The van der Waals surface area contributed by atoms with E-state index in [0.29, 0.717) is 18.2 Å². The number of rotatable bonds is 3. The Labute approximate surface area is 127 Å². The van der Waals surface area contributed by atoms with E-state index in [1.807, 2.05) is 16.3 Å². The Balaban J connectivity index is 2.21. The maximum Gasteiger partial charge on any atom is 0.139 e. The summed E-state index contributed by atoms with van der Waals surface area (Å²) < 4.78 is 0. The highest BCUT2D eigenvalue weighted by atomic mass is 32.1. The number of anilines is 1. The Morgan fingerprint density at radius 2 is 2.33 bits per heavy atom. The van der Waals surface area contributed by atoms with Gasteiger partial charge in [-0.2, -0.15) is 5.26 Å². The summed E-state index contributed by atoms with van der Waals surface area (Å²) in [5.41, 5.74) is 17.7. The van der Waals surface area contributed by atoms with E-state index in [0.717, 1.165) is 24.4 Å². The number of nitriles is 1. The van der Waals surface area contributed by atoms with E-state index < -0.39 is 0 Å². The van der Waals surface area contributed by atoms with Crippen LogP contribution < -0.4 is 17.2 Å². The van der Waals surface area contributed by atoms with Crippen molar-refractivity contribution in [2.24, 2.45) is 16.5 Å². The number of nitrogens with two attached hydrogens (primary N) is 3. The first-order valence-corrected chi connectivity index (χ1v) is 7.53. The van der Waals surface area contributed by atoms with E-state index in [1.54, 1.807) is 11.3 Å². The third kappa shape index (κ3) is 3.25. The zero-order valence-electron chi connectivity index (χ0n) is 11.9. The molecule has 1 saturated heterocycles. The van der Waals surface area contributed by atoms with Crippen molar-refractivity contribution in [3.8, 4) is 6.07 Å². The van der Waals surface area contributed by atoms with Crippen LogP contribution in [-0.4, -0.2) is 35.9 Å². The molecule has 8 heteroatoms. The van der Waals surface area contributed by atoms with Gasteiger partial charge in [0.1, 0.15) is 29.1 Å². The van der Waals surface area contributed by atoms with Crippen LogP contribution in [0.5, 0.6) is 0 Å². The highest BCUT2D eigenvalue weighted by Gasteiger charge is 2.26. The number of amidine groups is 1. The van der Waals surface area contributed by atoms with Crippen molar-refractivity contribution in [1.29, 1.82) is 5.26 Å². The molecule has 1 aliphatic heterocycles. The van der Waals surface area contributed by atoms with Crippen molar-refractivity contribution < 1.29 is 0 Å². The second-order valence-corrected chi connectivity index (χ2v) is 5.77. The summed E-state index contributed by atoms with van der Waals surface area (Å²) in [6.45, 7) is 1.51. The van der Waals surface area contributed by atoms with Crippen LogP contribution in [0, 0.1) is 11.3 Å². The summed E-state index contributed by atoms with van der Waals surface area (Å²) >= 11 is 1.56. The van der Waals surface area contributed by atoms with Gasteiger partial charge in [-0.25, -0.2) is 4.98 Å². The van der Waals surface area contributed by atoms with Crippen LogP contribution in [0.3, 0.4) is 0 Å². The monoisotopic (exact) mass is 305 g/mol. The van der Waals surface area contributed by atoms with E-state index in [-0.39, 0.29) is 17.3 Å². The smallest absolute Gasteiger partial charge is 0.139 e. The predicted octanol–water partition coefficient (Wildman–Crippen LogP) is 0.586. The fourth-order valence-corrected chi connectivity index (χ4v) is 3.24. The number of nitrogen functional groups attached to an aromatic ring is 1. The summed E-state index contributed by atoms with van der Waals surface area (Å²) in [4.78, 5) is 10.2. The molecule has 0 saturated carbocycles. The van der Waals surface area contributed by atoms with E-state index in [1.165, 1.54) is 7.05 Å². The number of nitrogens with zero attached hydrogens (tertiary/aromatic N) is 4. The normalized spacial score (nSPS) is 20.9. The van der Waals surface area contributed by atoms with Gasteiger partial charge in [0, 0.05) is 31.4 Å². The van der Waals surface area contributed by atoms with Crippen molar-refractivity contribution in [3.63, 3.8) is 0 Å². The van der Waals surface area contributed by atoms with Gasteiger partial charge >= 0.3 is 0 Å². The Hall–Kier alpha value is -2.27. The maximum atomic E-state index is 9.21. The second-order valence-electron chi connectivity index (χ2n) is 4.88. The molecule has 0 radical (unpaired) electrons. The minimum Gasteiger partial charge on any atom is -0.384 e. The standard InChI is InChI=1S/C13H19N7S/c1-18-11(16)9(5-14)12(17)20-4-2-3-8(6-20)13-19-10(15)7-21-13/h7-8H,2-4,6,15,17H2,1H3,(H2,16,18). The van der Waals surface area contributed by atoms with Crippen LogP contribution in [0.4, 0.5) is 5.82 Å². The zero-order valence-corrected chi connectivity index (χ0v) is 12.7. The van der Waals surface area contributed by atoms with Crippen LogP contribution >= 0.6 is 11.3 Å². The number of aromatic nitrogens is 1. The van der Waals surface area contributed by atoms with Crippen molar-refractivity contribution >= 4 is 23.0 Å². The first-order valence-electron chi connectivity index (χ1n) is 6.65. The highest BCUT2D eigenvalue weighted by Crippen LogP contribution is 2.30. The molecule has 1 aromatic heterocycles. The van der Waals surface area contributed by atoms with Gasteiger partial charge in [-0.3, -0.25) is 4.99 Å². The number of aliphatic imine (C=N–C) groups is 1. The Morgan fingerprint density at radius 3 is 2.90 bits per heavy atom. The highest BCUT2D eigenvalue weighted by molar-refractivity contribution is 7.10. The molecule has 1 atom stereocenters. The SMILES string of the molecule is CN=C(N)C(C#N)=C(N)N1CCCC(c2nc(N)cs2)C1. The minimum atomic E-state index is 0.163. The Kier molecular flexibility index (Phi) is 4.65. The van der Waals surface area contributed by atoms with Gasteiger partial charge in [0.2, 0.25) is 0 Å². The van der Waals surface area contributed by atoms with E-state index in [4.69, 9.17) is 17.2 Å². The van der Waals surface area contributed by atoms with E-state index in [2.05, 4.69) is 9.98 Å². The van der Waals surface area contributed by atoms with Gasteiger partial charge < -0.3 is 22.1 Å². The first kappa shape index (κ1) is 15.1. The van der Waals surface area contributed by atoms with Crippen molar-refractivity contribution in [2.75, 3.05) is 25.9 Å². The lowest BCUT2D eigenvalue weighted by atomic mass is 9.98. The van der Waals surface area contributed by atoms with Crippen LogP contribution in [0.25, 0.3) is 0 Å². The molecule has 2 rings (SSSR count). The predicted molar refractivity (Wildman–Crippen MR) is 84.4 cm³/mol. The molecule has 0 spiro atoms. The molecule has 21 heavy (non-hydrogen) atoms. The largest absolute Gasteiger partial charge is 0.384 e. The van der Waals surface area contributed by atoms with Gasteiger partial charge in [0.25, 0.3) is 0 Å². The van der Waals surface area contributed by atoms with Gasteiger partial charge in [-0.15, -0.1) is 11.3 Å². The average molecular weight is 305 g/mol. The fourth-order valence-electron chi connectivity index (χ4n) is 2.40. The lowest BCUT2D eigenvalue weighted by Gasteiger charge is -2.33. The molecule has 1 unspecified atom stereocenters. The molecule has 1 fully saturated rings. The molecule has 7 nitrogen and oxygen atoms in total. The van der Waals surface area contributed by atoms with Crippen LogP contribution in [-0.2, 0) is 0 Å². The van der Waals surface area contributed by atoms with Gasteiger partial charge in [-0.05, 0) is 12.8 Å². The summed E-state index contributed by atoms with van der Waals surface area (Å²) in [6, 6.07) is 2.03. The average Bonchev–Trinajstić information content (AvgIpc) is 2.94. The van der Waals surface area contributed by atoms with Crippen molar-refractivity contribution in [1.82, 2.24) is 9.88 Å². The molecule has 0 amide bonds. The molecular formula is C13H19N7S. The van der Waals surface area contributed by atoms with Gasteiger partial charge in [-0.1, -0.05) is 0 Å². The number of likely N-dealkylation sites (tertiary alicyclic amines) is 1. The lowest BCUT2D eigenvalue weighted by molar-refractivity contribution is 0.255. The molecule has 6 N–H and O–H groups in total. The Morgan fingerprint density at radius 1 is 1.57 bits per heavy atom. The van der Waals surface area contributed by atoms with Crippen LogP contribution in [0.1, 0.15) is 23.8 Å². The molecular weight excluding hydrogens is 286 g/mol. The second kappa shape index (κ2) is 6.45. The molecule has 1 aromatic rings. The van der Waals surface area contributed by atoms with Crippen LogP contribution in [0.15, 0.2) is 21.8 Å². The number of hydrogen-bond donors (Lipinski definition) is 3. The third-order valence-electron chi connectivity index (χ3n) is 3.52. The van der Waals surface area contributed by atoms with E-state index >= 15 is 0 Å². The number of hydrogen-bond acceptors (Lipinski definition) is 7. The van der Waals surface area contributed by atoms with Crippen molar-refractivity contribution in [3.05, 3.63) is 21.8 Å². The summed E-state index contributed by atoms with van der Waals surface area (Å²) in [5.74, 6) is 1.38. The molecule has 0 bridgehead atoms. The molecule has 2 heterocycles. The lowest BCUT2D eigenvalue weighted by Crippen LogP contribution is -2.38. The third-order valence-corrected chi connectivity index (χ3v) is 4.54. The van der Waals surface area contributed by atoms with Crippen LogP contribution in [0.2, 0.25) is 0 Å². The molecule has 0 aromatic carbocycles. The summed E-state index contributed by atoms with van der Waals surface area (Å²) in [7, 11) is 1.54. The molecule has 1 aliphatic rings. The van der Waals surface area contributed by atoms with Gasteiger partial charge in [0.15, 0.2) is 0 Å². The fraction of sp³-hybridized carbons (Fsp3) is 0.462. The van der Waals surface area contributed by atoms with E-state index in [9.17, 15) is 5.26 Å². The quantitative estimate of drug-likeness (QED) is 0.425. The number of thiazole rings is 1. The van der Waals surface area contributed by atoms with Crippen molar-refractivity contribution in [2.45, 2.75) is 18.8 Å². The molecule has 112 valence electrons. The Bertz CT molecular complexity index is 610.